The second kappa shape index (κ2) is 7.38. The third kappa shape index (κ3) is 3.65. The van der Waals surface area contributed by atoms with Gasteiger partial charge in [0.1, 0.15) is 11.6 Å². The van der Waals surface area contributed by atoms with E-state index in [9.17, 15) is 4.79 Å². The number of piperidine rings is 1. The van der Waals surface area contributed by atoms with Crippen LogP contribution in [-0.4, -0.2) is 43.5 Å². The molecule has 1 saturated heterocycles. The second-order valence-electron chi connectivity index (χ2n) is 7.24. The van der Waals surface area contributed by atoms with E-state index in [4.69, 9.17) is 0 Å². The zero-order valence-corrected chi connectivity index (χ0v) is 15.7. The summed E-state index contributed by atoms with van der Waals surface area (Å²) in [6.45, 7) is 5.68. The first-order chi connectivity index (χ1) is 13.1. The van der Waals surface area contributed by atoms with E-state index in [-0.39, 0.29) is 11.6 Å². The van der Waals surface area contributed by atoms with Crippen molar-refractivity contribution < 1.29 is 0 Å². The molecule has 8 nitrogen and oxygen atoms in total. The molecule has 0 aromatic carbocycles. The number of nitrogens with one attached hydrogen (secondary N) is 1. The Morgan fingerprint density at radius 2 is 2.07 bits per heavy atom. The Morgan fingerprint density at radius 1 is 1.19 bits per heavy atom. The molecular weight excluding hydrogens is 342 g/mol. The van der Waals surface area contributed by atoms with Gasteiger partial charge < -0.3 is 10.2 Å². The minimum atomic E-state index is -0.0572. The van der Waals surface area contributed by atoms with Crippen molar-refractivity contribution in [1.29, 1.82) is 0 Å². The van der Waals surface area contributed by atoms with Gasteiger partial charge in [0.25, 0.3) is 5.56 Å². The van der Waals surface area contributed by atoms with Gasteiger partial charge in [0.2, 0.25) is 0 Å². The molecule has 3 aromatic rings. The monoisotopic (exact) mass is 367 g/mol. The molecular formula is C19H25N7O. The van der Waals surface area contributed by atoms with Crippen LogP contribution in [0.15, 0.2) is 41.5 Å². The molecule has 1 aliphatic heterocycles. The highest BCUT2D eigenvalue weighted by Crippen LogP contribution is 2.23. The molecule has 0 amide bonds. The summed E-state index contributed by atoms with van der Waals surface area (Å²) < 4.78 is 3.32. The number of anilines is 2. The maximum atomic E-state index is 12.0. The predicted octanol–water partition coefficient (Wildman–Crippen LogP) is 2.34. The van der Waals surface area contributed by atoms with Crippen molar-refractivity contribution in [2.24, 2.45) is 0 Å². The number of aromatic nitrogens is 5. The Labute approximate surface area is 157 Å². The fourth-order valence-corrected chi connectivity index (χ4v) is 3.58. The first-order valence-corrected chi connectivity index (χ1v) is 9.52. The molecule has 4 heterocycles. The summed E-state index contributed by atoms with van der Waals surface area (Å²) in [7, 11) is 0. The van der Waals surface area contributed by atoms with Crippen molar-refractivity contribution in [3.8, 4) is 0 Å². The van der Waals surface area contributed by atoms with Crippen LogP contribution < -0.4 is 15.8 Å². The smallest absolute Gasteiger partial charge is 0.267 e. The third-order valence-electron chi connectivity index (χ3n) is 5.00. The van der Waals surface area contributed by atoms with Gasteiger partial charge in [-0.05, 0) is 51.3 Å². The molecule has 1 atom stereocenters. The highest BCUT2D eigenvalue weighted by molar-refractivity contribution is 5.45. The molecule has 4 rings (SSSR count). The van der Waals surface area contributed by atoms with Crippen LogP contribution >= 0.6 is 0 Å². The second-order valence-corrected chi connectivity index (χ2v) is 7.24. The molecule has 1 fully saturated rings. The summed E-state index contributed by atoms with van der Waals surface area (Å²) >= 11 is 0. The van der Waals surface area contributed by atoms with Crippen LogP contribution in [-0.2, 0) is 0 Å². The molecule has 0 spiro atoms. The number of hydrogen-bond donors (Lipinski definition) is 1. The SMILES string of the molecule is CC(C)n1nc(N2CCCCC2CNc2ccc3nccn3n2)ccc1=O. The third-order valence-corrected chi connectivity index (χ3v) is 5.00. The van der Waals surface area contributed by atoms with Gasteiger partial charge in [-0.3, -0.25) is 4.79 Å². The lowest BCUT2D eigenvalue weighted by Crippen LogP contribution is -2.45. The van der Waals surface area contributed by atoms with E-state index in [1.807, 2.05) is 38.2 Å². The minimum Gasteiger partial charge on any atom is -0.367 e. The number of rotatable bonds is 5. The average molecular weight is 367 g/mol. The largest absolute Gasteiger partial charge is 0.367 e. The summed E-state index contributed by atoms with van der Waals surface area (Å²) in [5.74, 6) is 1.69. The maximum absolute atomic E-state index is 12.0. The number of nitrogens with zero attached hydrogens (tertiary/aromatic N) is 6. The highest BCUT2D eigenvalue weighted by atomic mass is 16.1. The zero-order valence-electron chi connectivity index (χ0n) is 15.7. The molecule has 1 unspecified atom stereocenters. The highest BCUT2D eigenvalue weighted by Gasteiger charge is 2.24. The molecule has 0 bridgehead atoms. The maximum Gasteiger partial charge on any atom is 0.267 e. The number of imidazole rings is 1. The van der Waals surface area contributed by atoms with E-state index < -0.39 is 0 Å². The van der Waals surface area contributed by atoms with Crippen LogP contribution in [0.1, 0.15) is 39.2 Å². The summed E-state index contributed by atoms with van der Waals surface area (Å²) in [6.07, 6.45) is 7.00. The predicted molar refractivity (Wildman–Crippen MR) is 105 cm³/mol. The lowest BCUT2D eigenvalue weighted by atomic mass is 10.0. The first kappa shape index (κ1) is 17.5. The topological polar surface area (TPSA) is 80.3 Å². The summed E-state index contributed by atoms with van der Waals surface area (Å²) in [5, 5.41) is 12.6. The van der Waals surface area contributed by atoms with Crippen molar-refractivity contribution in [3.05, 3.63) is 47.0 Å². The fraction of sp³-hybridized carbons (Fsp3) is 0.474. The van der Waals surface area contributed by atoms with Gasteiger partial charge in [0.05, 0.1) is 6.04 Å². The van der Waals surface area contributed by atoms with Crippen LogP contribution in [0.2, 0.25) is 0 Å². The Hall–Kier alpha value is -2.90. The van der Waals surface area contributed by atoms with Crippen molar-refractivity contribution in [2.75, 3.05) is 23.3 Å². The van der Waals surface area contributed by atoms with E-state index in [1.54, 1.807) is 21.5 Å². The normalized spacial score (nSPS) is 17.6. The summed E-state index contributed by atoms with van der Waals surface area (Å²) in [6, 6.07) is 7.72. The Balaban J connectivity index is 1.52. The zero-order chi connectivity index (χ0) is 18.8. The Bertz CT molecular complexity index is 977. The minimum absolute atomic E-state index is 0.0462. The van der Waals surface area contributed by atoms with E-state index in [0.29, 0.717) is 6.04 Å². The lowest BCUT2D eigenvalue weighted by Gasteiger charge is -2.37. The number of fused-ring (bicyclic) bond motifs is 1. The van der Waals surface area contributed by atoms with Gasteiger partial charge in [0, 0.05) is 37.6 Å². The van der Waals surface area contributed by atoms with Crippen LogP contribution in [0.3, 0.4) is 0 Å². The molecule has 8 heteroatoms. The fourth-order valence-electron chi connectivity index (χ4n) is 3.58. The molecule has 142 valence electrons. The summed E-state index contributed by atoms with van der Waals surface area (Å²) in [4.78, 5) is 18.6. The van der Waals surface area contributed by atoms with Gasteiger partial charge in [-0.15, -0.1) is 5.10 Å². The Kier molecular flexibility index (Phi) is 4.79. The van der Waals surface area contributed by atoms with Crippen molar-refractivity contribution >= 4 is 17.3 Å². The van der Waals surface area contributed by atoms with Crippen molar-refractivity contribution in [2.45, 2.75) is 45.2 Å². The first-order valence-electron chi connectivity index (χ1n) is 9.52. The standard InChI is InChI=1S/C19H25N7O/c1-14(2)26-19(27)9-8-18(23-26)24-11-4-3-5-15(24)13-21-16-6-7-17-20-10-12-25(17)22-16/h6-10,12,14-15H,3-5,11,13H2,1-2H3,(H,21,22). The van der Waals surface area contributed by atoms with E-state index in [1.165, 1.54) is 6.42 Å². The number of hydrogen-bond acceptors (Lipinski definition) is 6. The quantitative estimate of drug-likeness (QED) is 0.746. The molecule has 1 N–H and O–H groups in total. The van der Waals surface area contributed by atoms with Gasteiger partial charge in [-0.2, -0.15) is 5.10 Å². The summed E-state index contributed by atoms with van der Waals surface area (Å²) in [5.41, 5.74) is 0.776. The Morgan fingerprint density at radius 3 is 2.93 bits per heavy atom. The van der Waals surface area contributed by atoms with Crippen LogP contribution in [0.5, 0.6) is 0 Å². The molecule has 0 aliphatic carbocycles. The van der Waals surface area contributed by atoms with Crippen molar-refractivity contribution in [3.63, 3.8) is 0 Å². The van der Waals surface area contributed by atoms with Crippen molar-refractivity contribution in [1.82, 2.24) is 24.4 Å². The van der Waals surface area contributed by atoms with Gasteiger partial charge >= 0.3 is 0 Å². The van der Waals surface area contributed by atoms with Crippen LogP contribution in [0.25, 0.3) is 5.65 Å². The molecule has 0 saturated carbocycles. The van der Waals surface area contributed by atoms with E-state index in [0.717, 1.165) is 43.2 Å². The van der Waals surface area contributed by atoms with Crippen LogP contribution in [0, 0.1) is 0 Å². The molecule has 3 aromatic heterocycles. The molecule has 0 radical (unpaired) electrons. The molecule has 27 heavy (non-hydrogen) atoms. The van der Waals surface area contributed by atoms with Gasteiger partial charge in [-0.25, -0.2) is 14.2 Å². The van der Waals surface area contributed by atoms with Gasteiger partial charge in [0.15, 0.2) is 5.65 Å². The van der Waals surface area contributed by atoms with E-state index in [2.05, 4.69) is 25.4 Å². The molecule has 1 aliphatic rings. The van der Waals surface area contributed by atoms with E-state index >= 15 is 0 Å². The average Bonchev–Trinajstić information content (AvgIpc) is 3.14. The van der Waals surface area contributed by atoms with Crippen LogP contribution in [0.4, 0.5) is 11.6 Å². The van der Waals surface area contributed by atoms with Gasteiger partial charge in [-0.1, -0.05) is 0 Å². The lowest BCUT2D eigenvalue weighted by molar-refractivity contribution is 0.451.